The predicted octanol–water partition coefficient (Wildman–Crippen LogP) is 3.04. The van der Waals surface area contributed by atoms with E-state index in [2.05, 4.69) is 5.32 Å². The second-order valence-corrected chi connectivity index (χ2v) is 11.5. The molecular weight excluding hydrogens is 488 g/mol. The monoisotopic (exact) mass is 530 g/mol. The van der Waals surface area contributed by atoms with Crippen molar-refractivity contribution in [3.8, 4) is 0 Å². The molecule has 10 heteroatoms. The third-order valence-corrected chi connectivity index (χ3v) is 7.45. The molecule has 1 saturated heterocycles. The first-order valence-corrected chi connectivity index (χ1v) is 13.5. The van der Waals surface area contributed by atoms with Crippen LogP contribution in [0, 0.1) is 17.3 Å². The van der Waals surface area contributed by atoms with Gasteiger partial charge in [-0.25, -0.2) is 9.86 Å². The van der Waals surface area contributed by atoms with Gasteiger partial charge in [0.05, 0.1) is 12.5 Å². The molecule has 2 aliphatic rings. The van der Waals surface area contributed by atoms with E-state index in [4.69, 9.17) is 4.74 Å². The van der Waals surface area contributed by atoms with E-state index in [0.29, 0.717) is 50.0 Å². The Morgan fingerprint density at radius 2 is 1.68 bits per heavy atom. The minimum absolute atomic E-state index is 0.110. The molecule has 3 rings (SSSR count). The molecule has 1 aliphatic heterocycles. The van der Waals surface area contributed by atoms with E-state index in [1.165, 1.54) is 0 Å². The lowest BCUT2D eigenvalue weighted by molar-refractivity contribution is -0.156. The van der Waals surface area contributed by atoms with Crippen molar-refractivity contribution >= 4 is 24.3 Å². The van der Waals surface area contributed by atoms with Crippen molar-refractivity contribution in [3.63, 3.8) is 0 Å². The molecule has 4 amide bonds. The zero-order valence-electron chi connectivity index (χ0n) is 22.8. The SMILES string of the molecule is CC(C)(C)[C@H](NC(=O)[C@H](CC1CCCC1)CN(O)C=O)C(=O)N1CCN(C(=O)OCc2ccccc2)CC1. The van der Waals surface area contributed by atoms with E-state index in [9.17, 15) is 24.4 Å². The van der Waals surface area contributed by atoms with E-state index in [1.54, 1.807) is 9.80 Å². The molecule has 38 heavy (non-hydrogen) atoms. The summed E-state index contributed by atoms with van der Waals surface area (Å²) in [5, 5.41) is 13.2. The molecule has 10 nitrogen and oxygen atoms in total. The zero-order chi connectivity index (χ0) is 27.7. The number of hydroxylamine groups is 2. The summed E-state index contributed by atoms with van der Waals surface area (Å²) in [5.41, 5.74) is 0.335. The molecule has 0 aromatic heterocycles. The average Bonchev–Trinajstić information content (AvgIpc) is 3.42. The normalized spacial score (nSPS) is 18.0. The van der Waals surface area contributed by atoms with Crippen LogP contribution in [0.2, 0.25) is 0 Å². The molecule has 2 N–H and O–H groups in total. The highest BCUT2D eigenvalue weighted by Crippen LogP contribution is 2.31. The summed E-state index contributed by atoms with van der Waals surface area (Å²) in [6.07, 6.45) is 4.72. The Morgan fingerprint density at radius 1 is 1.08 bits per heavy atom. The Labute approximate surface area is 225 Å². The van der Waals surface area contributed by atoms with E-state index < -0.39 is 23.5 Å². The Balaban J connectivity index is 1.58. The van der Waals surface area contributed by atoms with Gasteiger partial charge in [0.2, 0.25) is 18.2 Å². The second kappa shape index (κ2) is 13.6. The maximum atomic E-state index is 13.6. The number of benzene rings is 1. The number of carbonyl (C=O) groups excluding carboxylic acids is 4. The minimum Gasteiger partial charge on any atom is -0.445 e. The van der Waals surface area contributed by atoms with Crippen LogP contribution in [0.1, 0.15) is 58.4 Å². The topological polar surface area (TPSA) is 119 Å². The van der Waals surface area contributed by atoms with Gasteiger partial charge in [-0.05, 0) is 23.3 Å². The van der Waals surface area contributed by atoms with E-state index in [1.807, 2.05) is 51.1 Å². The summed E-state index contributed by atoms with van der Waals surface area (Å²) in [5.74, 6) is -0.792. The average molecular weight is 531 g/mol. The van der Waals surface area contributed by atoms with Gasteiger partial charge < -0.3 is 19.9 Å². The van der Waals surface area contributed by atoms with Crippen LogP contribution in [-0.4, -0.2) is 83.2 Å². The second-order valence-electron chi connectivity index (χ2n) is 11.5. The zero-order valence-corrected chi connectivity index (χ0v) is 22.8. The maximum absolute atomic E-state index is 13.6. The molecule has 0 radical (unpaired) electrons. The molecule has 1 aromatic rings. The largest absolute Gasteiger partial charge is 0.445 e. The van der Waals surface area contributed by atoms with Crippen LogP contribution in [-0.2, 0) is 25.7 Å². The van der Waals surface area contributed by atoms with E-state index in [-0.39, 0.29) is 25.0 Å². The number of nitrogens with one attached hydrogen (secondary N) is 1. The number of hydrogen-bond acceptors (Lipinski definition) is 6. The minimum atomic E-state index is -0.791. The number of nitrogens with zero attached hydrogens (tertiary/aromatic N) is 3. The molecule has 1 aromatic carbocycles. The van der Waals surface area contributed by atoms with E-state index in [0.717, 1.165) is 31.2 Å². The summed E-state index contributed by atoms with van der Waals surface area (Å²) < 4.78 is 5.42. The first-order valence-electron chi connectivity index (χ1n) is 13.5. The Kier molecular flexibility index (Phi) is 10.5. The van der Waals surface area contributed by atoms with Gasteiger partial charge >= 0.3 is 6.09 Å². The van der Waals surface area contributed by atoms with Gasteiger partial charge in [0.1, 0.15) is 12.6 Å². The van der Waals surface area contributed by atoms with Crippen molar-refractivity contribution in [2.24, 2.45) is 17.3 Å². The molecule has 210 valence electrons. The Morgan fingerprint density at radius 3 is 2.26 bits per heavy atom. The third-order valence-electron chi connectivity index (χ3n) is 7.45. The lowest BCUT2D eigenvalue weighted by atomic mass is 9.84. The summed E-state index contributed by atoms with van der Waals surface area (Å²) in [4.78, 5) is 53.7. The van der Waals surface area contributed by atoms with Crippen LogP contribution in [0.25, 0.3) is 0 Å². The highest BCUT2D eigenvalue weighted by Gasteiger charge is 2.39. The fourth-order valence-corrected chi connectivity index (χ4v) is 5.19. The summed E-state index contributed by atoms with van der Waals surface area (Å²) >= 11 is 0. The maximum Gasteiger partial charge on any atom is 0.410 e. The fraction of sp³-hybridized carbons (Fsp3) is 0.643. The molecular formula is C28H42N4O6. The van der Waals surface area contributed by atoms with Gasteiger partial charge in [0.25, 0.3) is 0 Å². The van der Waals surface area contributed by atoms with Crippen molar-refractivity contribution in [1.29, 1.82) is 0 Å². The highest BCUT2D eigenvalue weighted by atomic mass is 16.6. The molecule has 2 fully saturated rings. The van der Waals surface area contributed by atoms with Crippen molar-refractivity contribution in [2.45, 2.75) is 65.5 Å². The summed E-state index contributed by atoms with van der Waals surface area (Å²) in [7, 11) is 0. The highest BCUT2D eigenvalue weighted by molar-refractivity contribution is 5.89. The molecule has 1 heterocycles. The molecule has 2 atom stereocenters. The van der Waals surface area contributed by atoms with Gasteiger partial charge in [0, 0.05) is 26.2 Å². The first-order chi connectivity index (χ1) is 18.1. The van der Waals surface area contributed by atoms with Gasteiger partial charge in [-0.1, -0.05) is 76.8 Å². The summed E-state index contributed by atoms with van der Waals surface area (Å²) in [6, 6.07) is 8.66. The number of ether oxygens (including phenoxy) is 1. The quantitative estimate of drug-likeness (QED) is 0.273. The number of amides is 4. The number of carbonyl (C=O) groups is 4. The van der Waals surface area contributed by atoms with Gasteiger partial charge in [-0.3, -0.25) is 19.6 Å². The fourth-order valence-electron chi connectivity index (χ4n) is 5.19. The lowest BCUT2D eigenvalue weighted by Gasteiger charge is -2.39. The van der Waals surface area contributed by atoms with Crippen LogP contribution >= 0.6 is 0 Å². The molecule has 0 spiro atoms. The van der Waals surface area contributed by atoms with Crippen molar-refractivity contribution in [2.75, 3.05) is 32.7 Å². The Bertz CT molecular complexity index is 936. The van der Waals surface area contributed by atoms with Crippen LogP contribution < -0.4 is 5.32 Å². The predicted molar refractivity (Wildman–Crippen MR) is 141 cm³/mol. The van der Waals surface area contributed by atoms with Crippen molar-refractivity contribution < 1.29 is 29.1 Å². The molecule has 0 bridgehead atoms. The molecule has 0 unspecified atom stereocenters. The first kappa shape index (κ1) is 29.4. The molecule has 1 saturated carbocycles. The smallest absolute Gasteiger partial charge is 0.410 e. The number of piperazine rings is 1. The summed E-state index contributed by atoms with van der Waals surface area (Å²) in [6.45, 7) is 7.11. The molecule has 1 aliphatic carbocycles. The van der Waals surface area contributed by atoms with E-state index >= 15 is 0 Å². The third kappa shape index (κ3) is 8.44. The van der Waals surface area contributed by atoms with Gasteiger partial charge in [0.15, 0.2) is 0 Å². The van der Waals surface area contributed by atoms with Gasteiger partial charge in [-0.2, -0.15) is 0 Å². The van der Waals surface area contributed by atoms with Gasteiger partial charge in [-0.15, -0.1) is 0 Å². The Hall–Kier alpha value is -3.14. The van der Waals surface area contributed by atoms with Crippen LogP contribution in [0.5, 0.6) is 0 Å². The van der Waals surface area contributed by atoms with Crippen LogP contribution in [0.15, 0.2) is 30.3 Å². The van der Waals surface area contributed by atoms with Crippen molar-refractivity contribution in [3.05, 3.63) is 35.9 Å². The number of rotatable bonds is 10. The standard InChI is InChI=1S/C28H42N4O6/c1-28(2,3)24(29-25(34)23(18-32(37)20-33)17-21-9-7-8-10-21)26(35)30-13-15-31(16-14-30)27(36)38-19-22-11-5-4-6-12-22/h4-6,11-12,20-21,23-24,37H,7-10,13-19H2,1-3H3,(H,29,34)/t23-,24-/m1/s1. The number of hydrogen-bond donors (Lipinski definition) is 2. The van der Waals surface area contributed by atoms with Crippen LogP contribution in [0.4, 0.5) is 4.79 Å². The van der Waals surface area contributed by atoms with Crippen LogP contribution in [0.3, 0.4) is 0 Å². The lowest BCUT2D eigenvalue weighted by Crippen LogP contribution is -2.60. The van der Waals surface area contributed by atoms with Crippen molar-refractivity contribution in [1.82, 2.24) is 20.2 Å².